The first-order valence-electron chi connectivity index (χ1n) is 9.28. The highest BCUT2D eigenvalue weighted by molar-refractivity contribution is 7.80. The fraction of sp³-hybridized carbons (Fsp3) is 0.706. The van der Waals surface area contributed by atoms with Crippen molar-refractivity contribution in [2.45, 2.75) is 32.6 Å². The quantitative estimate of drug-likeness (QED) is 0.787. The Morgan fingerprint density at radius 1 is 1.04 bits per heavy atom. The maximum absolute atomic E-state index is 5.47. The van der Waals surface area contributed by atoms with Crippen LogP contribution in [0.3, 0.4) is 0 Å². The maximum atomic E-state index is 5.47. The van der Waals surface area contributed by atoms with Gasteiger partial charge in [-0.2, -0.15) is 9.97 Å². The molecular formula is C17H28N6OS. The number of anilines is 3. The van der Waals surface area contributed by atoms with Crippen LogP contribution in [0.5, 0.6) is 0 Å². The summed E-state index contributed by atoms with van der Waals surface area (Å²) in [6.45, 7) is 8.08. The zero-order valence-corrected chi connectivity index (χ0v) is 15.8. The lowest BCUT2D eigenvalue weighted by Gasteiger charge is -2.29. The highest BCUT2D eigenvalue weighted by Crippen LogP contribution is 2.24. The summed E-state index contributed by atoms with van der Waals surface area (Å²) in [4.78, 5) is 14.1. The Morgan fingerprint density at radius 2 is 1.64 bits per heavy atom. The number of hydrogen-bond donors (Lipinski definition) is 2. The number of thiocarbonyl (C=S) groups is 1. The molecule has 0 aromatic carbocycles. The first kappa shape index (κ1) is 18.1. The molecule has 0 spiro atoms. The second-order valence-electron chi connectivity index (χ2n) is 6.39. The second kappa shape index (κ2) is 9.15. The monoisotopic (exact) mass is 364 g/mol. The molecule has 138 valence electrons. The molecule has 25 heavy (non-hydrogen) atoms. The standard InChI is InChI=1S/C17H28N6OS/c1-2-18-17(25)21-16-19-14(22-7-5-3-4-6-8-22)13-15(20-16)23-9-11-24-12-10-23/h13H,2-12H2,1H3,(H2,18,19,20,21,25). The Balaban J connectivity index is 1.85. The zero-order chi connectivity index (χ0) is 17.5. The predicted molar refractivity (Wildman–Crippen MR) is 106 cm³/mol. The van der Waals surface area contributed by atoms with E-state index >= 15 is 0 Å². The number of nitrogens with one attached hydrogen (secondary N) is 2. The van der Waals surface area contributed by atoms with Crippen molar-refractivity contribution in [1.82, 2.24) is 15.3 Å². The maximum Gasteiger partial charge on any atom is 0.232 e. The fourth-order valence-corrected chi connectivity index (χ4v) is 3.44. The number of ether oxygens (including phenoxy) is 1. The summed E-state index contributed by atoms with van der Waals surface area (Å²) in [5, 5.41) is 6.78. The Morgan fingerprint density at radius 3 is 2.24 bits per heavy atom. The van der Waals surface area contributed by atoms with Crippen molar-refractivity contribution in [3.63, 3.8) is 0 Å². The van der Waals surface area contributed by atoms with E-state index in [1.807, 2.05) is 6.92 Å². The summed E-state index contributed by atoms with van der Waals surface area (Å²) >= 11 is 5.31. The van der Waals surface area contributed by atoms with E-state index < -0.39 is 0 Å². The van der Waals surface area contributed by atoms with Crippen LogP contribution in [0, 0.1) is 0 Å². The number of morpholine rings is 1. The summed E-state index contributed by atoms with van der Waals surface area (Å²) in [7, 11) is 0. The summed E-state index contributed by atoms with van der Waals surface area (Å²) < 4.78 is 5.47. The molecule has 2 saturated heterocycles. The van der Waals surface area contributed by atoms with Gasteiger partial charge < -0.3 is 25.2 Å². The highest BCUT2D eigenvalue weighted by atomic mass is 32.1. The largest absolute Gasteiger partial charge is 0.378 e. The van der Waals surface area contributed by atoms with E-state index in [0.717, 1.165) is 57.6 Å². The molecule has 8 heteroatoms. The molecule has 0 atom stereocenters. The lowest BCUT2D eigenvalue weighted by molar-refractivity contribution is 0.122. The molecule has 0 saturated carbocycles. The smallest absolute Gasteiger partial charge is 0.232 e. The molecule has 3 rings (SSSR count). The van der Waals surface area contributed by atoms with Crippen molar-refractivity contribution in [3.8, 4) is 0 Å². The number of hydrogen-bond acceptors (Lipinski definition) is 6. The van der Waals surface area contributed by atoms with Crippen LogP contribution >= 0.6 is 12.2 Å². The molecule has 0 radical (unpaired) electrons. The van der Waals surface area contributed by atoms with Crippen molar-refractivity contribution in [2.24, 2.45) is 0 Å². The first-order chi connectivity index (χ1) is 12.3. The first-order valence-corrected chi connectivity index (χ1v) is 9.68. The molecule has 0 bridgehead atoms. The molecule has 1 aromatic rings. The summed E-state index contributed by atoms with van der Waals surface area (Å²) in [6, 6.07) is 2.11. The Kier molecular flexibility index (Phi) is 6.63. The zero-order valence-electron chi connectivity index (χ0n) is 15.0. The molecule has 2 aliphatic heterocycles. The molecule has 0 amide bonds. The molecule has 2 fully saturated rings. The number of aromatic nitrogens is 2. The lowest BCUT2D eigenvalue weighted by Crippen LogP contribution is -2.37. The third-order valence-electron chi connectivity index (χ3n) is 4.53. The minimum atomic E-state index is 0.559. The molecule has 2 N–H and O–H groups in total. The van der Waals surface area contributed by atoms with Crippen molar-refractivity contribution >= 4 is 34.9 Å². The van der Waals surface area contributed by atoms with Crippen LogP contribution in [0.1, 0.15) is 32.6 Å². The van der Waals surface area contributed by atoms with Gasteiger partial charge in [0.1, 0.15) is 11.6 Å². The van der Waals surface area contributed by atoms with Crippen LogP contribution in [-0.2, 0) is 4.74 Å². The van der Waals surface area contributed by atoms with Crippen molar-refractivity contribution in [2.75, 3.05) is 61.1 Å². The molecule has 0 aliphatic carbocycles. The second-order valence-corrected chi connectivity index (χ2v) is 6.80. The minimum Gasteiger partial charge on any atom is -0.378 e. The van der Waals surface area contributed by atoms with Gasteiger partial charge in [0, 0.05) is 38.8 Å². The SMILES string of the molecule is CCNC(=S)Nc1nc(N2CCCCCC2)cc(N2CCOCC2)n1. The van der Waals surface area contributed by atoms with Crippen molar-refractivity contribution < 1.29 is 4.74 Å². The lowest BCUT2D eigenvalue weighted by atomic mass is 10.2. The van der Waals surface area contributed by atoms with Crippen LogP contribution in [0.2, 0.25) is 0 Å². The third-order valence-corrected chi connectivity index (χ3v) is 4.77. The van der Waals surface area contributed by atoms with Gasteiger partial charge in [-0.3, -0.25) is 0 Å². The van der Waals surface area contributed by atoms with Crippen LogP contribution in [0.15, 0.2) is 6.07 Å². The predicted octanol–water partition coefficient (Wildman–Crippen LogP) is 2.00. The van der Waals surface area contributed by atoms with Crippen LogP contribution in [0.25, 0.3) is 0 Å². The van der Waals surface area contributed by atoms with Gasteiger partial charge in [0.25, 0.3) is 0 Å². The topological polar surface area (TPSA) is 65.6 Å². The number of rotatable bonds is 4. The van der Waals surface area contributed by atoms with Gasteiger partial charge in [-0.1, -0.05) is 12.8 Å². The van der Waals surface area contributed by atoms with Crippen LogP contribution in [0.4, 0.5) is 17.6 Å². The van der Waals surface area contributed by atoms with Crippen molar-refractivity contribution in [3.05, 3.63) is 6.07 Å². The van der Waals surface area contributed by atoms with Crippen molar-refractivity contribution in [1.29, 1.82) is 0 Å². The van der Waals surface area contributed by atoms with Gasteiger partial charge in [0.05, 0.1) is 13.2 Å². The summed E-state index contributed by atoms with van der Waals surface area (Å²) in [6.07, 6.45) is 5.03. The van der Waals surface area contributed by atoms with Gasteiger partial charge in [-0.25, -0.2) is 0 Å². The van der Waals surface area contributed by atoms with Crippen LogP contribution < -0.4 is 20.4 Å². The molecule has 1 aromatic heterocycles. The van der Waals surface area contributed by atoms with E-state index in [1.54, 1.807) is 0 Å². The molecule has 2 aliphatic rings. The molecule has 3 heterocycles. The normalized spacial score (nSPS) is 18.6. The van der Waals surface area contributed by atoms with E-state index in [9.17, 15) is 0 Å². The Hall–Kier alpha value is -1.67. The van der Waals surface area contributed by atoms with E-state index in [1.165, 1.54) is 25.7 Å². The molecular weight excluding hydrogens is 336 g/mol. The van der Waals surface area contributed by atoms with Gasteiger partial charge >= 0.3 is 0 Å². The summed E-state index contributed by atoms with van der Waals surface area (Å²) in [5.41, 5.74) is 0. The molecule has 7 nitrogen and oxygen atoms in total. The third kappa shape index (κ3) is 5.15. The number of nitrogens with zero attached hydrogens (tertiary/aromatic N) is 4. The minimum absolute atomic E-state index is 0.559. The Labute approximate surface area is 155 Å². The Bertz CT molecular complexity index is 570. The van der Waals surface area contributed by atoms with E-state index in [4.69, 9.17) is 26.9 Å². The van der Waals surface area contributed by atoms with Gasteiger partial charge in [0.15, 0.2) is 5.11 Å². The van der Waals surface area contributed by atoms with Crippen LogP contribution in [-0.4, -0.2) is 61.0 Å². The van der Waals surface area contributed by atoms with E-state index in [-0.39, 0.29) is 0 Å². The fourth-order valence-electron chi connectivity index (χ4n) is 3.20. The van der Waals surface area contributed by atoms with Gasteiger partial charge in [-0.15, -0.1) is 0 Å². The summed E-state index contributed by atoms with van der Waals surface area (Å²) in [5.74, 6) is 2.49. The van der Waals surface area contributed by atoms with E-state index in [2.05, 4.69) is 26.5 Å². The molecule has 0 unspecified atom stereocenters. The highest BCUT2D eigenvalue weighted by Gasteiger charge is 2.18. The van der Waals surface area contributed by atoms with Gasteiger partial charge in [-0.05, 0) is 32.0 Å². The van der Waals surface area contributed by atoms with Gasteiger partial charge in [0.2, 0.25) is 5.95 Å². The average molecular weight is 365 g/mol. The average Bonchev–Trinajstić information content (AvgIpc) is 2.92. The van der Waals surface area contributed by atoms with E-state index in [0.29, 0.717) is 11.1 Å².